The van der Waals surface area contributed by atoms with Crippen LogP contribution in [0, 0.1) is 0 Å². The molecule has 0 radical (unpaired) electrons. The first-order chi connectivity index (χ1) is 19.0. The molecule has 0 unspecified atom stereocenters. The second kappa shape index (κ2) is 23.5. The van der Waals surface area contributed by atoms with E-state index in [1.165, 1.54) is 44.6 Å². The molecule has 0 bridgehead atoms. The molecule has 0 aliphatic rings. The molecule has 0 fully saturated rings. The maximum atomic E-state index is 2.30. The van der Waals surface area contributed by atoms with Gasteiger partial charge in [-0.25, -0.2) is 0 Å². The van der Waals surface area contributed by atoms with Crippen LogP contribution >= 0.6 is 0 Å². The van der Waals surface area contributed by atoms with Crippen LogP contribution in [0.1, 0.15) is 94.9 Å². The fourth-order valence-electron chi connectivity index (χ4n) is 3.41. The van der Waals surface area contributed by atoms with E-state index in [0.717, 1.165) is 25.7 Å². The molecule has 0 saturated heterocycles. The van der Waals surface area contributed by atoms with E-state index in [0.29, 0.717) is 0 Å². The Bertz CT molecular complexity index is 1050. The Hall–Kier alpha value is -3.38. The molecule has 0 saturated carbocycles. The van der Waals surface area contributed by atoms with E-state index in [9.17, 15) is 0 Å². The lowest BCUT2D eigenvalue weighted by atomic mass is 10.1. The van der Waals surface area contributed by atoms with Crippen LogP contribution in [0.25, 0.3) is 0 Å². The molecular weight excluding hydrogens is 480 g/mol. The Morgan fingerprint density at radius 3 is 0.925 bits per heavy atom. The summed E-state index contributed by atoms with van der Waals surface area (Å²) in [7, 11) is 0. The van der Waals surface area contributed by atoms with E-state index in [1.54, 1.807) is 0 Å². The summed E-state index contributed by atoms with van der Waals surface area (Å²) < 4.78 is 0. The molecule has 0 spiro atoms. The van der Waals surface area contributed by atoms with Crippen LogP contribution in [0.4, 0.5) is 0 Å². The van der Waals surface area contributed by atoms with Gasteiger partial charge < -0.3 is 0 Å². The highest BCUT2D eigenvalue weighted by Gasteiger charge is 1.88. The number of allylic oxidation sites excluding steroid dienone is 26. The molecule has 216 valence electrons. The van der Waals surface area contributed by atoms with Crippen molar-refractivity contribution < 1.29 is 0 Å². The van der Waals surface area contributed by atoms with Crippen LogP contribution in [0.5, 0.6) is 0 Å². The fourth-order valence-corrected chi connectivity index (χ4v) is 3.41. The first-order valence-corrected chi connectivity index (χ1v) is 14.7. The number of hydrogen-bond donors (Lipinski definition) is 0. The Morgan fingerprint density at radius 2 is 0.625 bits per heavy atom. The van der Waals surface area contributed by atoms with Gasteiger partial charge in [0.25, 0.3) is 0 Å². The molecule has 0 aliphatic carbocycles. The molecule has 0 rings (SSSR count). The maximum Gasteiger partial charge on any atom is -0.0285 e. The summed E-state index contributed by atoms with van der Waals surface area (Å²) in [4.78, 5) is 0. The summed E-state index contributed by atoms with van der Waals surface area (Å²) in [5.41, 5.74) is 10.5. The van der Waals surface area contributed by atoms with Gasteiger partial charge in [-0.05, 0) is 94.9 Å². The van der Waals surface area contributed by atoms with Crippen molar-refractivity contribution in [3.8, 4) is 0 Å². The average Bonchev–Trinajstić information content (AvgIpc) is 2.86. The highest BCUT2D eigenvalue weighted by molar-refractivity contribution is 5.32. The number of rotatable bonds is 16. The first kappa shape index (κ1) is 36.6. The molecule has 0 amide bonds. The second-order valence-corrected chi connectivity index (χ2v) is 11.1. The Labute approximate surface area is 248 Å². The van der Waals surface area contributed by atoms with Crippen LogP contribution in [0.15, 0.2) is 154 Å². The highest BCUT2D eigenvalue weighted by Crippen LogP contribution is 2.09. The normalized spacial score (nSPS) is 15.1. The Balaban J connectivity index is 4.70. The minimum Gasteiger partial charge on any atom is -0.0856 e. The summed E-state index contributed by atoms with van der Waals surface area (Å²) in [6, 6.07) is 0. The van der Waals surface area contributed by atoms with Crippen molar-refractivity contribution in [1.29, 1.82) is 0 Å². The van der Waals surface area contributed by atoms with Gasteiger partial charge in [0.05, 0.1) is 0 Å². The van der Waals surface area contributed by atoms with Crippen molar-refractivity contribution in [2.24, 2.45) is 0 Å². The van der Waals surface area contributed by atoms with Crippen molar-refractivity contribution in [1.82, 2.24) is 0 Å². The van der Waals surface area contributed by atoms with Gasteiger partial charge in [0, 0.05) is 0 Å². The highest BCUT2D eigenvalue weighted by atomic mass is 13.9. The van der Waals surface area contributed by atoms with Crippen LogP contribution in [-0.4, -0.2) is 0 Å². The zero-order valence-electron chi connectivity index (χ0n) is 27.2. The topological polar surface area (TPSA) is 0 Å². The molecule has 0 heterocycles. The fraction of sp³-hybridized carbons (Fsp3) is 0.350. The maximum absolute atomic E-state index is 2.30. The van der Waals surface area contributed by atoms with Crippen LogP contribution < -0.4 is 0 Å². The summed E-state index contributed by atoms with van der Waals surface area (Å²) in [6.07, 6.45) is 43.3. The van der Waals surface area contributed by atoms with E-state index >= 15 is 0 Å². The third-order valence-electron chi connectivity index (χ3n) is 5.93. The molecule has 0 N–H and O–H groups in total. The Morgan fingerprint density at radius 1 is 0.350 bits per heavy atom. The molecule has 40 heavy (non-hydrogen) atoms. The smallest absolute Gasteiger partial charge is 0.0285 e. The van der Waals surface area contributed by atoms with Gasteiger partial charge in [0.1, 0.15) is 0 Å². The quantitative estimate of drug-likeness (QED) is 0.136. The van der Waals surface area contributed by atoms with Gasteiger partial charge in [0.2, 0.25) is 0 Å². The standard InChI is InChI=1S/C40H56/c1-33(2)19-13-23-37(7)27-17-31-39(9)29-15-25-35(5)21-11-12-22-36(6)26-16-30-40(10)32-18-28-38(8)24-14-20-34(3)4/h11-12,15-22,25-32H,13-14,23-24H2,1-10H3/b12-11+,25-15+,26-16+,31-17+,32-18+,35-21-,36-22+,37-27-,38-28+,39-29+,40-30-. The van der Waals surface area contributed by atoms with Crippen LogP contribution in [0.2, 0.25) is 0 Å². The van der Waals surface area contributed by atoms with Crippen molar-refractivity contribution in [2.75, 3.05) is 0 Å². The number of hydrogen-bond acceptors (Lipinski definition) is 0. The zero-order valence-corrected chi connectivity index (χ0v) is 27.2. The van der Waals surface area contributed by atoms with Gasteiger partial charge in [-0.2, -0.15) is 0 Å². The third-order valence-corrected chi connectivity index (χ3v) is 5.93. The molecule has 0 heteroatoms. The lowest BCUT2D eigenvalue weighted by Crippen LogP contribution is -1.76. The van der Waals surface area contributed by atoms with Gasteiger partial charge in [-0.15, -0.1) is 0 Å². The van der Waals surface area contributed by atoms with Gasteiger partial charge in [0.15, 0.2) is 0 Å². The van der Waals surface area contributed by atoms with Gasteiger partial charge >= 0.3 is 0 Å². The second-order valence-electron chi connectivity index (χ2n) is 11.1. The van der Waals surface area contributed by atoms with Crippen LogP contribution in [0.3, 0.4) is 0 Å². The first-order valence-electron chi connectivity index (χ1n) is 14.7. The van der Waals surface area contributed by atoms with Crippen LogP contribution in [-0.2, 0) is 0 Å². The predicted molar refractivity (Wildman–Crippen MR) is 186 cm³/mol. The van der Waals surface area contributed by atoms with Crippen molar-refractivity contribution in [3.05, 3.63) is 154 Å². The summed E-state index contributed by atoms with van der Waals surface area (Å²) >= 11 is 0. The van der Waals surface area contributed by atoms with E-state index in [2.05, 4.69) is 179 Å². The van der Waals surface area contributed by atoms with E-state index in [-0.39, 0.29) is 0 Å². The average molecular weight is 537 g/mol. The van der Waals surface area contributed by atoms with Gasteiger partial charge in [-0.3, -0.25) is 0 Å². The molecule has 0 aromatic rings. The zero-order chi connectivity index (χ0) is 30.2. The molecule has 0 nitrogen and oxygen atoms in total. The summed E-state index contributed by atoms with van der Waals surface area (Å²) in [5, 5.41) is 0. The summed E-state index contributed by atoms with van der Waals surface area (Å²) in [5.74, 6) is 0. The molecule has 0 aromatic heterocycles. The van der Waals surface area contributed by atoms with Gasteiger partial charge in [-0.1, -0.05) is 154 Å². The minimum atomic E-state index is 1.12. The van der Waals surface area contributed by atoms with E-state index < -0.39 is 0 Å². The molecular formula is C40H56. The Kier molecular flexibility index (Phi) is 21.5. The van der Waals surface area contributed by atoms with Crippen molar-refractivity contribution in [3.63, 3.8) is 0 Å². The van der Waals surface area contributed by atoms with Crippen molar-refractivity contribution >= 4 is 0 Å². The van der Waals surface area contributed by atoms with E-state index in [4.69, 9.17) is 0 Å². The molecule has 0 atom stereocenters. The summed E-state index contributed by atoms with van der Waals surface area (Å²) in [6.45, 7) is 21.5. The minimum absolute atomic E-state index is 1.12. The monoisotopic (exact) mass is 536 g/mol. The largest absolute Gasteiger partial charge is 0.0856 e. The SMILES string of the molecule is CC(C)=CCC\C(C)=C/C=C/C(C)=C/C=C/C(C)=C\C=C\C=C(C)\C=C\C=C(C)/C=C/C=C(\C)CCC=C(C)C. The van der Waals surface area contributed by atoms with E-state index in [1.807, 2.05) is 0 Å². The lowest BCUT2D eigenvalue weighted by Gasteiger charge is -1.96. The molecule has 0 aliphatic heterocycles. The lowest BCUT2D eigenvalue weighted by molar-refractivity contribution is 0.967. The van der Waals surface area contributed by atoms with Crippen molar-refractivity contribution in [2.45, 2.75) is 94.9 Å². The third kappa shape index (κ3) is 24.9. The predicted octanol–water partition coefficient (Wildman–Crippen LogP) is 12.9. The molecule has 0 aromatic carbocycles.